The number of nitrogens with one attached hydrogen (secondary N) is 2. The van der Waals surface area contributed by atoms with Gasteiger partial charge in [0.25, 0.3) is 0 Å². The first-order chi connectivity index (χ1) is 7.59. The van der Waals surface area contributed by atoms with E-state index < -0.39 is 0 Å². The molecule has 16 heavy (non-hydrogen) atoms. The number of piperidine rings is 1. The van der Waals surface area contributed by atoms with Gasteiger partial charge < -0.3 is 10.6 Å². The highest BCUT2D eigenvalue weighted by Crippen LogP contribution is 2.39. The Morgan fingerprint density at radius 3 is 2.81 bits per heavy atom. The Bertz CT molecular complexity index is 261. The lowest BCUT2D eigenvalue weighted by atomic mass is 9.70. The van der Waals surface area contributed by atoms with Crippen molar-refractivity contribution in [3.63, 3.8) is 0 Å². The average Bonchev–Trinajstić information content (AvgIpc) is 2.23. The average molecular weight is 224 g/mol. The van der Waals surface area contributed by atoms with Crippen LogP contribution in [0.1, 0.15) is 46.0 Å². The van der Waals surface area contributed by atoms with Gasteiger partial charge in [0, 0.05) is 6.54 Å². The van der Waals surface area contributed by atoms with Crippen LogP contribution in [0, 0.1) is 11.3 Å². The van der Waals surface area contributed by atoms with E-state index in [1.165, 1.54) is 25.7 Å². The minimum Gasteiger partial charge on any atom is -0.354 e. The lowest BCUT2D eigenvalue weighted by Gasteiger charge is -2.39. The topological polar surface area (TPSA) is 41.1 Å². The number of hydrogen-bond acceptors (Lipinski definition) is 2. The number of hydrogen-bond donors (Lipinski definition) is 2. The van der Waals surface area contributed by atoms with Gasteiger partial charge in [0.1, 0.15) is 0 Å². The van der Waals surface area contributed by atoms with Crippen molar-refractivity contribution in [3.8, 4) is 0 Å². The first kappa shape index (κ1) is 11.9. The Labute approximate surface area is 98.4 Å². The molecule has 1 aliphatic carbocycles. The molecular formula is C13H24N2O. The molecule has 0 aromatic carbocycles. The molecule has 2 N–H and O–H groups in total. The number of carbonyl (C=O) groups is 1. The molecule has 0 aromatic heterocycles. The van der Waals surface area contributed by atoms with Gasteiger partial charge in [-0.1, -0.05) is 20.3 Å². The third kappa shape index (κ3) is 2.76. The molecule has 92 valence electrons. The molecular weight excluding hydrogens is 200 g/mol. The van der Waals surface area contributed by atoms with E-state index in [9.17, 15) is 4.79 Å². The number of carbonyl (C=O) groups excluding carboxylic acids is 1. The van der Waals surface area contributed by atoms with Crippen molar-refractivity contribution in [3.05, 3.63) is 0 Å². The van der Waals surface area contributed by atoms with Crippen molar-refractivity contribution >= 4 is 5.91 Å². The zero-order chi connectivity index (χ0) is 11.6. The van der Waals surface area contributed by atoms with Crippen molar-refractivity contribution in [2.75, 3.05) is 13.1 Å². The predicted molar refractivity (Wildman–Crippen MR) is 65.2 cm³/mol. The quantitative estimate of drug-likeness (QED) is 0.766. The maximum Gasteiger partial charge on any atom is 0.237 e. The maximum atomic E-state index is 12.0. The van der Waals surface area contributed by atoms with Crippen LogP contribution in [0.2, 0.25) is 0 Å². The van der Waals surface area contributed by atoms with Gasteiger partial charge in [-0.2, -0.15) is 0 Å². The standard InChI is InChI=1S/C13H24N2O/c1-10-4-7-14-11(8-10)12(16)15-9-13(2)5-3-6-13/h10-11,14H,3-9H2,1-2H3,(H,15,16). The van der Waals surface area contributed by atoms with Gasteiger partial charge in [-0.15, -0.1) is 0 Å². The second-order valence-corrected chi connectivity index (χ2v) is 6.02. The molecule has 3 heteroatoms. The van der Waals surface area contributed by atoms with Crippen LogP contribution in [-0.2, 0) is 4.79 Å². The minimum absolute atomic E-state index is 0.0485. The molecule has 2 rings (SSSR count). The highest BCUT2D eigenvalue weighted by molar-refractivity contribution is 5.81. The molecule has 0 spiro atoms. The van der Waals surface area contributed by atoms with Crippen LogP contribution >= 0.6 is 0 Å². The van der Waals surface area contributed by atoms with Gasteiger partial charge in [0.05, 0.1) is 6.04 Å². The van der Waals surface area contributed by atoms with E-state index in [-0.39, 0.29) is 11.9 Å². The molecule has 1 heterocycles. The van der Waals surface area contributed by atoms with Crippen LogP contribution in [0.3, 0.4) is 0 Å². The highest BCUT2D eigenvalue weighted by Gasteiger charge is 2.33. The molecule has 0 radical (unpaired) electrons. The number of amides is 1. The van der Waals surface area contributed by atoms with Crippen molar-refractivity contribution in [2.24, 2.45) is 11.3 Å². The number of rotatable bonds is 3. The van der Waals surface area contributed by atoms with Gasteiger partial charge in [0.15, 0.2) is 0 Å². The second-order valence-electron chi connectivity index (χ2n) is 6.02. The highest BCUT2D eigenvalue weighted by atomic mass is 16.2. The van der Waals surface area contributed by atoms with Crippen molar-refractivity contribution < 1.29 is 4.79 Å². The lowest BCUT2D eigenvalue weighted by molar-refractivity contribution is -0.124. The van der Waals surface area contributed by atoms with Gasteiger partial charge in [-0.05, 0) is 43.6 Å². The monoisotopic (exact) mass is 224 g/mol. The summed E-state index contributed by atoms with van der Waals surface area (Å²) in [5.74, 6) is 0.885. The molecule has 1 amide bonds. The van der Waals surface area contributed by atoms with Crippen molar-refractivity contribution in [2.45, 2.75) is 52.0 Å². The van der Waals surface area contributed by atoms with Gasteiger partial charge >= 0.3 is 0 Å². The second kappa shape index (κ2) is 4.74. The smallest absolute Gasteiger partial charge is 0.237 e. The zero-order valence-corrected chi connectivity index (χ0v) is 10.5. The Hall–Kier alpha value is -0.570. The fourth-order valence-electron chi connectivity index (χ4n) is 2.69. The Kier molecular flexibility index (Phi) is 3.53. The molecule has 2 unspecified atom stereocenters. The van der Waals surface area contributed by atoms with Gasteiger partial charge in [-0.25, -0.2) is 0 Å². The third-order valence-corrected chi connectivity index (χ3v) is 4.23. The van der Waals surface area contributed by atoms with E-state index in [4.69, 9.17) is 0 Å². The fourth-order valence-corrected chi connectivity index (χ4v) is 2.69. The Morgan fingerprint density at radius 2 is 2.25 bits per heavy atom. The lowest BCUT2D eigenvalue weighted by Crippen LogP contribution is -2.51. The van der Waals surface area contributed by atoms with E-state index in [1.807, 2.05) is 0 Å². The van der Waals surface area contributed by atoms with Crippen LogP contribution < -0.4 is 10.6 Å². The van der Waals surface area contributed by atoms with Crippen molar-refractivity contribution in [1.29, 1.82) is 0 Å². The minimum atomic E-state index is 0.0485. The molecule has 2 fully saturated rings. The van der Waals surface area contributed by atoms with E-state index in [1.54, 1.807) is 0 Å². The predicted octanol–water partition coefficient (Wildman–Crippen LogP) is 1.68. The van der Waals surface area contributed by atoms with E-state index in [0.717, 1.165) is 19.5 Å². The van der Waals surface area contributed by atoms with Crippen LogP contribution in [0.15, 0.2) is 0 Å². The fraction of sp³-hybridized carbons (Fsp3) is 0.923. The van der Waals surface area contributed by atoms with Crippen LogP contribution in [0.25, 0.3) is 0 Å². The SMILES string of the molecule is CC1CCNC(C(=O)NCC2(C)CCC2)C1. The van der Waals surface area contributed by atoms with E-state index >= 15 is 0 Å². The molecule has 1 saturated carbocycles. The molecule has 2 atom stereocenters. The largest absolute Gasteiger partial charge is 0.354 e. The van der Waals surface area contributed by atoms with Crippen LogP contribution in [-0.4, -0.2) is 25.0 Å². The summed E-state index contributed by atoms with van der Waals surface area (Å²) < 4.78 is 0. The van der Waals surface area contributed by atoms with E-state index in [0.29, 0.717) is 11.3 Å². The zero-order valence-electron chi connectivity index (χ0n) is 10.5. The summed E-state index contributed by atoms with van der Waals surface area (Å²) in [7, 11) is 0. The summed E-state index contributed by atoms with van der Waals surface area (Å²) in [4.78, 5) is 12.0. The molecule has 1 aliphatic heterocycles. The molecule has 1 saturated heterocycles. The molecule has 3 nitrogen and oxygen atoms in total. The summed E-state index contributed by atoms with van der Waals surface area (Å²) in [6.45, 7) is 6.34. The molecule has 2 aliphatic rings. The summed E-state index contributed by atoms with van der Waals surface area (Å²) in [5.41, 5.74) is 0.385. The van der Waals surface area contributed by atoms with Crippen molar-refractivity contribution in [1.82, 2.24) is 10.6 Å². The van der Waals surface area contributed by atoms with Crippen LogP contribution in [0.4, 0.5) is 0 Å². The maximum absolute atomic E-state index is 12.0. The van der Waals surface area contributed by atoms with Gasteiger partial charge in [-0.3, -0.25) is 4.79 Å². The molecule has 0 aromatic rings. The first-order valence-corrected chi connectivity index (χ1v) is 6.60. The van der Waals surface area contributed by atoms with E-state index in [2.05, 4.69) is 24.5 Å². The summed E-state index contributed by atoms with van der Waals surface area (Å²) in [5, 5.41) is 6.42. The van der Waals surface area contributed by atoms with Crippen LogP contribution in [0.5, 0.6) is 0 Å². The normalized spacial score (nSPS) is 32.9. The Balaban J connectivity index is 1.74. The summed E-state index contributed by atoms with van der Waals surface area (Å²) >= 11 is 0. The first-order valence-electron chi connectivity index (χ1n) is 6.60. The Morgan fingerprint density at radius 1 is 1.50 bits per heavy atom. The summed E-state index contributed by atoms with van der Waals surface area (Å²) in [6, 6.07) is 0.0485. The third-order valence-electron chi connectivity index (χ3n) is 4.23. The van der Waals surface area contributed by atoms with Gasteiger partial charge in [0.2, 0.25) is 5.91 Å². The summed E-state index contributed by atoms with van der Waals surface area (Å²) in [6.07, 6.45) is 6.04. The molecule has 0 bridgehead atoms.